The fourth-order valence-electron chi connectivity index (χ4n) is 3.33. The SMILES string of the molecule is CC(C)(C)ON(C=O)Cc1ccc(CCC(=O)NCCNS(=O)(=O)c2cc3ccccc3s2)cc1. The number of hydroxylamine groups is 2. The highest BCUT2D eigenvalue weighted by atomic mass is 32.2. The van der Waals surface area contributed by atoms with Crippen molar-refractivity contribution in [2.45, 2.75) is 50.0 Å². The van der Waals surface area contributed by atoms with Gasteiger partial charge in [-0.15, -0.1) is 11.3 Å². The molecule has 1 heterocycles. The zero-order valence-electron chi connectivity index (χ0n) is 20.1. The lowest BCUT2D eigenvalue weighted by Gasteiger charge is -2.26. The molecule has 0 radical (unpaired) electrons. The number of thiophene rings is 1. The fraction of sp³-hybridized carbons (Fsp3) is 0.360. The summed E-state index contributed by atoms with van der Waals surface area (Å²) in [6.07, 6.45) is 1.50. The third kappa shape index (κ3) is 8.43. The van der Waals surface area contributed by atoms with E-state index in [4.69, 9.17) is 4.84 Å². The summed E-state index contributed by atoms with van der Waals surface area (Å²) in [5, 5.41) is 4.89. The van der Waals surface area contributed by atoms with Crippen LogP contribution in [-0.2, 0) is 37.4 Å². The fourth-order valence-corrected chi connectivity index (χ4v) is 5.80. The van der Waals surface area contributed by atoms with Gasteiger partial charge in [0.25, 0.3) is 0 Å². The van der Waals surface area contributed by atoms with Crippen LogP contribution in [0.1, 0.15) is 38.3 Å². The van der Waals surface area contributed by atoms with Crippen LogP contribution in [0.2, 0.25) is 0 Å². The monoisotopic (exact) mass is 517 g/mol. The number of fused-ring (bicyclic) bond motifs is 1. The van der Waals surface area contributed by atoms with Gasteiger partial charge in [0.1, 0.15) is 4.21 Å². The Morgan fingerprint density at radius 2 is 1.74 bits per heavy atom. The maximum Gasteiger partial charge on any atom is 0.250 e. The van der Waals surface area contributed by atoms with Gasteiger partial charge in [-0.1, -0.05) is 42.5 Å². The second kappa shape index (κ2) is 11.8. The van der Waals surface area contributed by atoms with E-state index in [1.807, 2.05) is 69.3 Å². The molecule has 8 nitrogen and oxygen atoms in total. The smallest absolute Gasteiger partial charge is 0.250 e. The molecule has 0 atom stereocenters. The van der Waals surface area contributed by atoms with E-state index in [1.54, 1.807) is 6.07 Å². The summed E-state index contributed by atoms with van der Waals surface area (Å²) in [4.78, 5) is 29.0. The number of aryl methyl sites for hydroxylation is 1. The topological polar surface area (TPSA) is 105 Å². The lowest BCUT2D eigenvalue weighted by Crippen LogP contribution is -2.34. The minimum absolute atomic E-state index is 0.112. The van der Waals surface area contributed by atoms with E-state index < -0.39 is 15.6 Å². The lowest BCUT2D eigenvalue weighted by molar-refractivity contribution is -0.220. The minimum Gasteiger partial charge on any atom is -0.355 e. The standard InChI is InChI=1S/C25H31N3O5S2/c1-25(2,3)33-28(18-29)17-20-10-8-19(9-11-20)12-13-23(30)26-14-15-27-35(31,32)24-16-21-6-4-5-7-22(21)34-24/h4-11,16,18,27H,12-15,17H2,1-3H3,(H,26,30). The van der Waals surface area contributed by atoms with Crippen LogP contribution in [-0.4, -0.2) is 44.5 Å². The van der Waals surface area contributed by atoms with Crippen LogP contribution in [0.25, 0.3) is 10.1 Å². The largest absolute Gasteiger partial charge is 0.355 e. The molecule has 35 heavy (non-hydrogen) atoms. The van der Waals surface area contributed by atoms with E-state index in [1.165, 1.54) is 16.4 Å². The van der Waals surface area contributed by atoms with Crippen LogP contribution < -0.4 is 10.0 Å². The van der Waals surface area contributed by atoms with Gasteiger partial charge < -0.3 is 5.32 Å². The third-order valence-corrected chi connectivity index (χ3v) is 7.97. The quantitative estimate of drug-likeness (QED) is 0.217. The van der Waals surface area contributed by atoms with Crippen LogP contribution in [0.15, 0.2) is 58.8 Å². The molecule has 0 aliphatic heterocycles. The van der Waals surface area contributed by atoms with Gasteiger partial charge in [-0.2, -0.15) is 0 Å². The number of hydrogen-bond donors (Lipinski definition) is 2. The van der Waals surface area contributed by atoms with Crippen molar-refractivity contribution >= 4 is 43.8 Å². The van der Waals surface area contributed by atoms with Crippen molar-refractivity contribution in [3.63, 3.8) is 0 Å². The zero-order valence-corrected chi connectivity index (χ0v) is 21.7. The van der Waals surface area contributed by atoms with Gasteiger partial charge in [-0.3, -0.25) is 14.4 Å². The molecule has 2 aromatic carbocycles. The van der Waals surface area contributed by atoms with Gasteiger partial charge >= 0.3 is 0 Å². The van der Waals surface area contributed by atoms with Gasteiger partial charge in [0, 0.05) is 24.2 Å². The Labute approximate surface area is 210 Å². The first-order valence-corrected chi connectivity index (χ1v) is 13.6. The maximum absolute atomic E-state index is 12.5. The number of hydrogen-bond acceptors (Lipinski definition) is 6. The Balaban J connectivity index is 1.39. The maximum atomic E-state index is 12.5. The summed E-state index contributed by atoms with van der Waals surface area (Å²) in [5.74, 6) is -0.152. The Morgan fingerprint density at radius 3 is 2.40 bits per heavy atom. The van der Waals surface area contributed by atoms with Gasteiger partial charge in [0.2, 0.25) is 22.3 Å². The number of carbonyl (C=O) groups is 2. The van der Waals surface area contributed by atoms with Crippen molar-refractivity contribution in [3.8, 4) is 0 Å². The molecule has 2 amide bonds. The molecule has 2 N–H and O–H groups in total. The molecule has 10 heteroatoms. The number of sulfonamides is 1. The molecule has 1 aromatic heterocycles. The normalized spacial score (nSPS) is 12.0. The summed E-state index contributed by atoms with van der Waals surface area (Å²) < 4.78 is 28.7. The molecule has 3 rings (SSSR count). The lowest BCUT2D eigenvalue weighted by atomic mass is 10.1. The molecular formula is C25H31N3O5S2. The predicted octanol–water partition coefficient (Wildman–Crippen LogP) is 3.62. The Kier molecular flexibility index (Phi) is 9.01. The van der Waals surface area contributed by atoms with Crippen LogP contribution >= 0.6 is 11.3 Å². The molecular weight excluding hydrogens is 486 g/mol. The molecule has 0 saturated carbocycles. The first-order valence-electron chi connectivity index (χ1n) is 11.3. The second-order valence-electron chi connectivity index (χ2n) is 9.05. The minimum atomic E-state index is -3.62. The summed E-state index contributed by atoms with van der Waals surface area (Å²) in [7, 11) is -3.62. The Hall–Kier alpha value is -2.79. The van der Waals surface area contributed by atoms with E-state index in [0.717, 1.165) is 21.2 Å². The van der Waals surface area contributed by atoms with Crippen molar-refractivity contribution in [2.24, 2.45) is 0 Å². The van der Waals surface area contributed by atoms with Crippen molar-refractivity contribution in [2.75, 3.05) is 13.1 Å². The van der Waals surface area contributed by atoms with Gasteiger partial charge in [-0.25, -0.2) is 18.2 Å². The Morgan fingerprint density at radius 1 is 1.06 bits per heavy atom. The predicted molar refractivity (Wildman–Crippen MR) is 137 cm³/mol. The Bertz CT molecular complexity index is 1220. The van der Waals surface area contributed by atoms with Crippen LogP contribution in [0.4, 0.5) is 0 Å². The average Bonchev–Trinajstić information content (AvgIpc) is 3.25. The molecule has 0 aliphatic rings. The van der Waals surface area contributed by atoms with Crippen LogP contribution in [0.3, 0.4) is 0 Å². The summed E-state index contributed by atoms with van der Waals surface area (Å²) in [5.41, 5.74) is 1.44. The molecule has 188 valence electrons. The van der Waals surface area contributed by atoms with Crippen LogP contribution in [0, 0.1) is 0 Å². The molecule has 0 unspecified atom stereocenters. The van der Waals surface area contributed by atoms with E-state index in [-0.39, 0.29) is 29.6 Å². The molecule has 0 spiro atoms. The van der Waals surface area contributed by atoms with Crippen molar-refractivity contribution in [1.29, 1.82) is 0 Å². The number of benzene rings is 2. The van der Waals surface area contributed by atoms with Gasteiger partial charge in [-0.05, 0) is 55.8 Å². The van der Waals surface area contributed by atoms with Crippen LogP contribution in [0.5, 0.6) is 0 Å². The van der Waals surface area contributed by atoms with Gasteiger partial charge in [0.15, 0.2) is 0 Å². The summed E-state index contributed by atoms with van der Waals surface area (Å²) >= 11 is 1.22. The van der Waals surface area contributed by atoms with Crippen molar-refractivity contribution < 1.29 is 22.8 Å². The highest BCUT2D eigenvalue weighted by Gasteiger charge is 2.17. The highest BCUT2D eigenvalue weighted by Crippen LogP contribution is 2.28. The second-order valence-corrected chi connectivity index (χ2v) is 12.1. The first kappa shape index (κ1) is 26.8. The third-order valence-electron chi connectivity index (χ3n) is 4.92. The number of rotatable bonds is 12. The van der Waals surface area contributed by atoms with Gasteiger partial charge in [0.05, 0.1) is 12.1 Å². The highest BCUT2D eigenvalue weighted by molar-refractivity contribution is 7.91. The number of carbonyl (C=O) groups excluding carboxylic acids is 2. The van der Waals surface area contributed by atoms with E-state index in [9.17, 15) is 18.0 Å². The number of amides is 2. The van der Waals surface area contributed by atoms with Crippen molar-refractivity contribution in [3.05, 3.63) is 65.7 Å². The van der Waals surface area contributed by atoms with E-state index >= 15 is 0 Å². The number of nitrogens with one attached hydrogen (secondary N) is 2. The molecule has 0 bridgehead atoms. The molecule has 0 aliphatic carbocycles. The van der Waals surface area contributed by atoms with E-state index in [2.05, 4.69) is 10.0 Å². The summed E-state index contributed by atoms with van der Waals surface area (Å²) in [6.45, 7) is 6.27. The average molecular weight is 518 g/mol. The molecule has 0 fully saturated rings. The molecule has 0 saturated heterocycles. The zero-order chi connectivity index (χ0) is 25.5. The van der Waals surface area contributed by atoms with Crippen molar-refractivity contribution in [1.82, 2.24) is 15.1 Å². The first-order chi connectivity index (χ1) is 16.6. The molecule has 3 aromatic rings. The van der Waals surface area contributed by atoms with E-state index in [0.29, 0.717) is 19.4 Å². The summed E-state index contributed by atoms with van der Waals surface area (Å²) in [6, 6.07) is 16.8. The number of nitrogens with zero attached hydrogens (tertiary/aromatic N) is 1.